The highest BCUT2D eigenvalue weighted by Gasteiger charge is 2.53. The molecular weight excluding hydrogens is 306 g/mol. The van der Waals surface area contributed by atoms with Crippen LogP contribution in [0.4, 0.5) is 0 Å². The summed E-state index contributed by atoms with van der Waals surface area (Å²) < 4.78 is 4.83. The van der Waals surface area contributed by atoms with Crippen molar-refractivity contribution in [3.63, 3.8) is 0 Å². The lowest BCUT2D eigenvalue weighted by atomic mass is 9.88. The first-order chi connectivity index (χ1) is 10.2. The van der Waals surface area contributed by atoms with Crippen LogP contribution in [-0.4, -0.2) is 97.1 Å². The number of carbonyl (C=O) groups is 2. The first kappa shape index (κ1) is 18.7. The van der Waals surface area contributed by atoms with Crippen molar-refractivity contribution >= 4 is 11.9 Å². The van der Waals surface area contributed by atoms with Crippen molar-refractivity contribution < 1.29 is 50.1 Å². The van der Waals surface area contributed by atoms with Crippen LogP contribution in [0.25, 0.3) is 0 Å². The minimum absolute atomic E-state index is 0.822. The summed E-state index contributed by atoms with van der Waals surface area (Å²) in [4.78, 5) is 22.2. The van der Waals surface area contributed by atoms with Gasteiger partial charge in [0.25, 0.3) is 5.79 Å². The van der Waals surface area contributed by atoms with Gasteiger partial charge in [0.2, 0.25) is 5.91 Å². The number of hydrogen-bond acceptors (Lipinski definition) is 9. The molecule has 1 rings (SSSR count). The van der Waals surface area contributed by atoms with Gasteiger partial charge in [-0.2, -0.15) is 0 Å². The van der Waals surface area contributed by atoms with Gasteiger partial charge < -0.3 is 45.8 Å². The summed E-state index contributed by atoms with van der Waals surface area (Å²) in [6.07, 6.45) is -7.92. The standard InChI is InChI=1S/C11H19NO10/c13-2-5(16)8(18)9-7(12-6(17)3-14)4(15)1-11(21,22-9)10(19)20/h4-5,7-9,13-16,18,21H,1-3H2,(H,12,17)(H,19,20)/t4-,5+,7+,8+,9?,11?/m0/s1. The van der Waals surface area contributed by atoms with Crippen LogP contribution >= 0.6 is 0 Å². The summed E-state index contributed by atoms with van der Waals surface area (Å²) in [5.74, 6) is -5.64. The zero-order chi connectivity index (χ0) is 17.1. The maximum Gasteiger partial charge on any atom is 0.364 e. The van der Waals surface area contributed by atoms with Crippen LogP contribution in [0.3, 0.4) is 0 Å². The molecule has 1 heterocycles. The molecule has 22 heavy (non-hydrogen) atoms. The van der Waals surface area contributed by atoms with Gasteiger partial charge in [-0.05, 0) is 0 Å². The Hall–Kier alpha value is -1.34. The predicted octanol–water partition coefficient (Wildman–Crippen LogP) is -4.90. The van der Waals surface area contributed by atoms with Crippen molar-refractivity contribution in [1.82, 2.24) is 5.32 Å². The van der Waals surface area contributed by atoms with Gasteiger partial charge in [0.15, 0.2) is 0 Å². The molecule has 11 nitrogen and oxygen atoms in total. The lowest BCUT2D eigenvalue weighted by Gasteiger charge is -2.44. The smallest absolute Gasteiger partial charge is 0.364 e. The molecule has 1 fully saturated rings. The molecule has 1 aliphatic rings. The van der Waals surface area contributed by atoms with E-state index in [4.69, 9.17) is 20.1 Å². The van der Waals surface area contributed by atoms with Crippen LogP contribution in [0.5, 0.6) is 0 Å². The van der Waals surface area contributed by atoms with Gasteiger partial charge in [-0.1, -0.05) is 0 Å². The molecule has 2 unspecified atom stereocenters. The molecule has 0 saturated carbocycles. The maximum absolute atomic E-state index is 11.2. The molecule has 0 aliphatic carbocycles. The summed E-state index contributed by atoms with van der Waals surface area (Å²) >= 11 is 0. The summed E-state index contributed by atoms with van der Waals surface area (Å²) in [6.45, 7) is -1.86. The zero-order valence-corrected chi connectivity index (χ0v) is 11.4. The van der Waals surface area contributed by atoms with Gasteiger partial charge >= 0.3 is 5.97 Å². The Bertz CT molecular complexity index is 418. The van der Waals surface area contributed by atoms with Gasteiger partial charge in [-0.25, -0.2) is 4.79 Å². The van der Waals surface area contributed by atoms with Crippen LogP contribution in [-0.2, 0) is 14.3 Å². The molecular formula is C11H19NO10. The second-order valence-corrected chi connectivity index (χ2v) is 4.94. The molecule has 0 aromatic rings. The molecule has 1 aliphatic heterocycles. The third-order valence-electron chi connectivity index (χ3n) is 3.31. The van der Waals surface area contributed by atoms with Crippen LogP contribution in [0.2, 0.25) is 0 Å². The highest BCUT2D eigenvalue weighted by atomic mass is 16.7. The second-order valence-electron chi connectivity index (χ2n) is 4.94. The number of aliphatic carboxylic acids is 1. The molecule has 11 heteroatoms. The molecule has 0 aromatic carbocycles. The Morgan fingerprint density at radius 1 is 1.32 bits per heavy atom. The van der Waals surface area contributed by atoms with E-state index < -0.39 is 67.8 Å². The van der Waals surface area contributed by atoms with E-state index in [9.17, 15) is 30.0 Å². The van der Waals surface area contributed by atoms with E-state index in [-0.39, 0.29) is 0 Å². The number of aliphatic hydroxyl groups excluding tert-OH is 5. The average molecular weight is 325 g/mol. The van der Waals surface area contributed by atoms with Crippen LogP contribution in [0.15, 0.2) is 0 Å². The minimum Gasteiger partial charge on any atom is -0.477 e. The van der Waals surface area contributed by atoms with Crippen LogP contribution in [0.1, 0.15) is 6.42 Å². The third-order valence-corrected chi connectivity index (χ3v) is 3.31. The molecule has 0 bridgehead atoms. The maximum atomic E-state index is 11.2. The van der Waals surface area contributed by atoms with Crippen LogP contribution in [0, 0.1) is 0 Å². The quantitative estimate of drug-likeness (QED) is 0.234. The number of carboxylic acids is 1. The fourth-order valence-electron chi connectivity index (χ4n) is 2.13. The molecule has 0 radical (unpaired) electrons. The Labute approximate surface area is 124 Å². The number of carbonyl (C=O) groups excluding carboxylic acids is 1. The summed E-state index contributed by atoms with van der Waals surface area (Å²) in [6, 6.07) is -1.42. The fraction of sp³-hybridized carbons (Fsp3) is 0.818. The van der Waals surface area contributed by atoms with Crippen molar-refractivity contribution in [2.75, 3.05) is 13.2 Å². The molecule has 0 aromatic heterocycles. The average Bonchev–Trinajstić information content (AvgIpc) is 2.47. The van der Waals surface area contributed by atoms with Gasteiger partial charge in [0, 0.05) is 6.42 Å². The van der Waals surface area contributed by atoms with Crippen molar-refractivity contribution in [2.45, 2.75) is 42.7 Å². The van der Waals surface area contributed by atoms with Gasteiger partial charge in [0.05, 0.1) is 18.8 Å². The normalized spacial score (nSPS) is 34.7. The SMILES string of the molecule is O=C(CO)N[C@H]1C([C@H](O)[C@H](O)CO)OC(O)(C(=O)O)C[C@@H]1O. The molecule has 0 spiro atoms. The zero-order valence-electron chi connectivity index (χ0n) is 11.4. The van der Waals surface area contributed by atoms with E-state index in [1.807, 2.05) is 0 Å². The number of ether oxygens (including phenoxy) is 1. The molecule has 6 atom stereocenters. The van der Waals surface area contributed by atoms with Gasteiger partial charge in [0.1, 0.15) is 24.9 Å². The third kappa shape index (κ3) is 3.89. The van der Waals surface area contributed by atoms with E-state index in [1.165, 1.54) is 0 Å². The fourth-order valence-corrected chi connectivity index (χ4v) is 2.13. The number of carboxylic acid groups (broad SMARTS) is 1. The van der Waals surface area contributed by atoms with Crippen molar-refractivity contribution in [3.8, 4) is 0 Å². The topological polar surface area (TPSA) is 197 Å². The summed E-state index contributed by atoms with van der Waals surface area (Å²) in [7, 11) is 0. The number of aliphatic hydroxyl groups is 6. The Morgan fingerprint density at radius 2 is 1.91 bits per heavy atom. The molecule has 1 amide bonds. The van der Waals surface area contributed by atoms with E-state index in [0.717, 1.165) is 0 Å². The Balaban J connectivity index is 3.07. The first-order valence-electron chi connectivity index (χ1n) is 6.35. The number of hydrogen-bond donors (Lipinski definition) is 8. The van der Waals surface area contributed by atoms with E-state index in [2.05, 4.69) is 5.32 Å². The number of rotatable bonds is 6. The van der Waals surface area contributed by atoms with Gasteiger partial charge in [-0.3, -0.25) is 4.79 Å². The molecule has 8 N–H and O–H groups in total. The molecule has 1 saturated heterocycles. The largest absolute Gasteiger partial charge is 0.477 e. The minimum atomic E-state index is -2.85. The van der Waals surface area contributed by atoms with E-state index in [0.29, 0.717) is 0 Å². The number of nitrogens with one attached hydrogen (secondary N) is 1. The highest BCUT2D eigenvalue weighted by molar-refractivity contribution is 5.78. The van der Waals surface area contributed by atoms with Gasteiger partial charge in [-0.15, -0.1) is 0 Å². The van der Waals surface area contributed by atoms with E-state index >= 15 is 0 Å². The lowest BCUT2D eigenvalue weighted by Crippen LogP contribution is -2.67. The summed E-state index contributed by atoms with van der Waals surface area (Å²) in [5.41, 5.74) is 0. The van der Waals surface area contributed by atoms with E-state index in [1.54, 1.807) is 0 Å². The van der Waals surface area contributed by atoms with Crippen LogP contribution < -0.4 is 5.32 Å². The highest BCUT2D eigenvalue weighted by Crippen LogP contribution is 2.30. The lowest BCUT2D eigenvalue weighted by molar-refractivity contribution is -0.295. The number of amides is 1. The van der Waals surface area contributed by atoms with Crippen molar-refractivity contribution in [3.05, 3.63) is 0 Å². The Kier molecular flexibility index (Phi) is 6.19. The first-order valence-corrected chi connectivity index (χ1v) is 6.35. The monoisotopic (exact) mass is 325 g/mol. The summed E-state index contributed by atoms with van der Waals surface area (Å²) in [5, 5.41) is 67.5. The Morgan fingerprint density at radius 3 is 2.36 bits per heavy atom. The van der Waals surface area contributed by atoms with Crippen molar-refractivity contribution in [2.24, 2.45) is 0 Å². The predicted molar refractivity (Wildman–Crippen MR) is 66.2 cm³/mol. The molecule has 128 valence electrons. The van der Waals surface area contributed by atoms with Crippen molar-refractivity contribution in [1.29, 1.82) is 0 Å². The second kappa shape index (κ2) is 7.28.